The van der Waals surface area contributed by atoms with Gasteiger partial charge in [0, 0.05) is 39.1 Å². The topological polar surface area (TPSA) is 87.7 Å². The van der Waals surface area contributed by atoms with E-state index >= 15 is 0 Å². The van der Waals surface area contributed by atoms with Crippen LogP contribution in [0.1, 0.15) is 6.42 Å². The van der Waals surface area contributed by atoms with Gasteiger partial charge in [-0.25, -0.2) is 17.5 Å². The predicted octanol–water partition coefficient (Wildman–Crippen LogP) is -0.0575. The highest BCUT2D eigenvalue weighted by atomic mass is 32.2. The Morgan fingerprint density at radius 3 is 2.50 bits per heavy atom. The van der Waals surface area contributed by atoms with Crippen molar-refractivity contribution in [2.24, 2.45) is 0 Å². The number of sulfonamides is 1. The van der Waals surface area contributed by atoms with Crippen LogP contribution in [0.5, 0.6) is 0 Å². The molecule has 1 aliphatic rings. The van der Waals surface area contributed by atoms with Crippen molar-refractivity contribution in [3.8, 4) is 0 Å². The molecule has 1 amide bonds. The molecule has 1 aliphatic heterocycles. The highest BCUT2D eigenvalue weighted by molar-refractivity contribution is 7.89. The van der Waals surface area contributed by atoms with Crippen LogP contribution in [0.15, 0.2) is 29.2 Å². The standard InChI is InChI=1S/C15H22FN3O4S/c16-13-1-3-14(4-2-13)24(21,22)18-6-5-15(20)17-7-8-19-9-11-23-12-10-19/h1-4,18H,5-12H2,(H,17,20). The molecule has 0 radical (unpaired) electrons. The van der Waals surface area contributed by atoms with Gasteiger partial charge in [-0.3, -0.25) is 9.69 Å². The number of nitrogens with one attached hydrogen (secondary N) is 2. The van der Waals surface area contributed by atoms with E-state index in [1.165, 1.54) is 12.1 Å². The Balaban J connectivity index is 1.65. The molecule has 24 heavy (non-hydrogen) atoms. The summed E-state index contributed by atoms with van der Waals surface area (Å²) in [5, 5.41) is 2.76. The van der Waals surface area contributed by atoms with Gasteiger partial charge in [-0.1, -0.05) is 0 Å². The molecule has 0 unspecified atom stereocenters. The maximum Gasteiger partial charge on any atom is 0.240 e. The van der Waals surface area contributed by atoms with Gasteiger partial charge in [0.25, 0.3) is 0 Å². The van der Waals surface area contributed by atoms with Crippen LogP contribution in [0, 0.1) is 5.82 Å². The molecule has 1 fully saturated rings. The van der Waals surface area contributed by atoms with Crippen molar-refractivity contribution in [2.75, 3.05) is 45.9 Å². The van der Waals surface area contributed by atoms with E-state index < -0.39 is 15.8 Å². The fraction of sp³-hybridized carbons (Fsp3) is 0.533. The quantitative estimate of drug-likeness (QED) is 0.679. The Hall–Kier alpha value is -1.55. The van der Waals surface area contributed by atoms with Crippen molar-refractivity contribution < 1.29 is 22.3 Å². The number of morpholine rings is 1. The lowest BCUT2D eigenvalue weighted by atomic mass is 10.4. The van der Waals surface area contributed by atoms with Gasteiger partial charge in [-0.05, 0) is 24.3 Å². The second kappa shape index (κ2) is 9.07. The number of nitrogens with zero attached hydrogens (tertiary/aromatic N) is 1. The van der Waals surface area contributed by atoms with Crippen LogP contribution in [0.25, 0.3) is 0 Å². The first-order chi connectivity index (χ1) is 11.5. The van der Waals surface area contributed by atoms with Crippen LogP contribution in [-0.4, -0.2) is 65.2 Å². The first-order valence-electron chi connectivity index (χ1n) is 7.79. The Bertz CT molecular complexity index is 631. The summed E-state index contributed by atoms with van der Waals surface area (Å²) in [6.07, 6.45) is 0.0452. The van der Waals surface area contributed by atoms with Gasteiger partial charge < -0.3 is 10.1 Å². The largest absolute Gasteiger partial charge is 0.379 e. The number of hydrogen-bond donors (Lipinski definition) is 2. The van der Waals surface area contributed by atoms with E-state index in [0.717, 1.165) is 31.8 Å². The third-order valence-corrected chi connectivity index (χ3v) is 5.10. The van der Waals surface area contributed by atoms with E-state index in [-0.39, 0.29) is 23.8 Å². The number of ether oxygens (including phenoxy) is 1. The van der Waals surface area contributed by atoms with Gasteiger partial charge in [0.05, 0.1) is 18.1 Å². The first-order valence-corrected chi connectivity index (χ1v) is 9.28. The Morgan fingerprint density at radius 1 is 1.17 bits per heavy atom. The first kappa shape index (κ1) is 18.8. The van der Waals surface area contributed by atoms with Crippen molar-refractivity contribution in [3.63, 3.8) is 0 Å². The third-order valence-electron chi connectivity index (χ3n) is 3.62. The summed E-state index contributed by atoms with van der Waals surface area (Å²) in [4.78, 5) is 13.9. The van der Waals surface area contributed by atoms with Crippen molar-refractivity contribution in [1.29, 1.82) is 0 Å². The van der Waals surface area contributed by atoms with E-state index in [0.29, 0.717) is 19.8 Å². The van der Waals surface area contributed by atoms with Crippen molar-refractivity contribution >= 4 is 15.9 Å². The maximum absolute atomic E-state index is 12.8. The van der Waals surface area contributed by atoms with E-state index in [1.54, 1.807) is 0 Å². The van der Waals surface area contributed by atoms with E-state index in [2.05, 4.69) is 14.9 Å². The van der Waals surface area contributed by atoms with Crippen LogP contribution < -0.4 is 10.0 Å². The molecule has 1 heterocycles. The van der Waals surface area contributed by atoms with E-state index in [4.69, 9.17) is 4.74 Å². The molecule has 9 heteroatoms. The molecular weight excluding hydrogens is 337 g/mol. The molecule has 0 atom stereocenters. The molecule has 2 N–H and O–H groups in total. The lowest BCUT2D eigenvalue weighted by molar-refractivity contribution is -0.121. The highest BCUT2D eigenvalue weighted by Gasteiger charge is 2.14. The minimum absolute atomic E-state index is 0.0108. The van der Waals surface area contributed by atoms with Gasteiger partial charge in [0.15, 0.2) is 0 Å². The van der Waals surface area contributed by atoms with Crippen LogP contribution in [0.2, 0.25) is 0 Å². The van der Waals surface area contributed by atoms with Crippen LogP contribution in [0.4, 0.5) is 4.39 Å². The number of hydrogen-bond acceptors (Lipinski definition) is 5. The van der Waals surface area contributed by atoms with Gasteiger partial charge in [0.1, 0.15) is 5.82 Å². The van der Waals surface area contributed by atoms with E-state index in [9.17, 15) is 17.6 Å². The highest BCUT2D eigenvalue weighted by Crippen LogP contribution is 2.09. The molecule has 2 rings (SSSR count). The number of carbonyl (C=O) groups excluding carboxylic acids is 1. The Labute approximate surface area is 141 Å². The molecule has 1 saturated heterocycles. The van der Waals surface area contributed by atoms with Gasteiger partial charge in [0.2, 0.25) is 15.9 Å². The average Bonchev–Trinajstić information content (AvgIpc) is 2.56. The van der Waals surface area contributed by atoms with Gasteiger partial charge in [-0.15, -0.1) is 0 Å². The second-order valence-corrected chi connectivity index (χ2v) is 7.17. The van der Waals surface area contributed by atoms with Crippen LogP contribution in [-0.2, 0) is 19.6 Å². The summed E-state index contributed by atoms with van der Waals surface area (Å²) < 4.78 is 44.3. The molecule has 0 aliphatic carbocycles. The normalized spacial score (nSPS) is 16.0. The van der Waals surface area contributed by atoms with Crippen LogP contribution in [0.3, 0.4) is 0 Å². The monoisotopic (exact) mass is 359 g/mol. The molecule has 0 bridgehead atoms. The molecule has 1 aromatic carbocycles. The second-order valence-electron chi connectivity index (χ2n) is 5.41. The molecule has 0 saturated carbocycles. The van der Waals surface area contributed by atoms with Crippen molar-refractivity contribution in [1.82, 2.24) is 14.9 Å². The zero-order valence-corrected chi connectivity index (χ0v) is 14.1. The molecule has 0 spiro atoms. The summed E-state index contributed by atoms with van der Waals surface area (Å²) in [5.74, 6) is -0.723. The van der Waals surface area contributed by atoms with Crippen molar-refractivity contribution in [2.45, 2.75) is 11.3 Å². The molecule has 0 aromatic heterocycles. The summed E-state index contributed by atoms with van der Waals surface area (Å²) in [5.41, 5.74) is 0. The minimum atomic E-state index is -3.73. The molecule has 134 valence electrons. The number of benzene rings is 1. The zero-order chi connectivity index (χ0) is 17.4. The predicted molar refractivity (Wildman–Crippen MR) is 86.5 cm³/mol. The third kappa shape index (κ3) is 6.16. The Kier molecular flexibility index (Phi) is 7.10. The smallest absolute Gasteiger partial charge is 0.240 e. The summed E-state index contributed by atoms with van der Waals surface area (Å²) in [6.45, 7) is 4.38. The molecule has 7 nitrogen and oxygen atoms in total. The van der Waals surface area contributed by atoms with Gasteiger partial charge in [-0.2, -0.15) is 0 Å². The SMILES string of the molecule is O=C(CCNS(=O)(=O)c1ccc(F)cc1)NCCN1CCOCC1. The lowest BCUT2D eigenvalue weighted by Gasteiger charge is -2.26. The Morgan fingerprint density at radius 2 is 1.83 bits per heavy atom. The number of amides is 1. The van der Waals surface area contributed by atoms with Crippen LogP contribution >= 0.6 is 0 Å². The zero-order valence-electron chi connectivity index (χ0n) is 13.3. The maximum atomic E-state index is 12.8. The minimum Gasteiger partial charge on any atom is -0.379 e. The summed E-state index contributed by atoms with van der Waals surface area (Å²) in [7, 11) is -3.73. The number of rotatable bonds is 8. The molecular formula is C15H22FN3O4S. The fourth-order valence-corrected chi connectivity index (χ4v) is 3.29. The summed E-state index contributed by atoms with van der Waals surface area (Å²) >= 11 is 0. The fourth-order valence-electron chi connectivity index (χ4n) is 2.26. The lowest BCUT2D eigenvalue weighted by Crippen LogP contribution is -2.41. The number of carbonyl (C=O) groups is 1. The van der Waals surface area contributed by atoms with Crippen molar-refractivity contribution in [3.05, 3.63) is 30.1 Å². The van der Waals surface area contributed by atoms with E-state index in [1.807, 2.05) is 0 Å². The number of halogens is 1. The summed E-state index contributed by atoms with van der Waals surface area (Å²) in [6, 6.07) is 4.51. The van der Waals surface area contributed by atoms with Gasteiger partial charge >= 0.3 is 0 Å². The average molecular weight is 359 g/mol. The molecule has 1 aromatic rings.